The van der Waals surface area contributed by atoms with E-state index >= 15 is 0 Å². The minimum absolute atomic E-state index is 0.0143. The highest BCUT2D eigenvalue weighted by molar-refractivity contribution is 5.91. The quantitative estimate of drug-likeness (QED) is 0.854. The van der Waals surface area contributed by atoms with Crippen LogP contribution >= 0.6 is 0 Å². The van der Waals surface area contributed by atoms with Crippen molar-refractivity contribution in [2.45, 2.75) is 24.5 Å². The molecule has 0 unspecified atom stereocenters. The van der Waals surface area contributed by atoms with Gasteiger partial charge in [0.2, 0.25) is 5.76 Å². The van der Waals surface area contributed by atoms with Gasteiger partial charge in [-0.15, -0.1) is 0 Å². The SMILES string of the molecule is O=C(c1ccno1)N1CC[C@@]2(C[C@@H](Oc3cccnc3)CO2)C1. The Kier molecular flexibility index (Phi) is 3.49. The van der Waals surface area contributed by atoms with E-state index in [4.69, 9.17) is 14.0 Å². The maximum atomic E-state index is 12.3. The number of amides is 1. The van der Waals surface area contributed by atoms with Crippen molar-refractivity contribution in [3.05, 3.63) is 42.5 Å². The molecular weight excluding hydrogens is 298 g/mol. The molecule has 0 radical (unpaired) electrons. The molecule has 2 aliphatic heterocycles. The second-order valence-electron chi connectivity index (χ2n) is 5.98. The first-order chi connectivity index (χ1) is 11.2. The Morgan fingerprint density at radius 1 is 1.39 bits per heavy atom. The fourth-order valence-corrected chi connectivity index (χ4v) is 3.27. The van der Waals surface area contributed by atoms with E-state index in [9.17, 15) is 4.79 Å². The molecule has 7 nitrogen and oxygen atoms in total. The van der Waals surface area contributed by atoms with Gasteiger partial charge in [0, 0.05) is 25.2 Å². The summed E-state index contributed by atoms with van der Waals surface area (Å²) in [5.41, 5.74) is -0.317. The van der Waals surface area contributed by atoms with Gasteiger partial charge in [-0.25, -0.2) is 0 Å². The van der Waals surface area contributed by atoms with Gasteiger partial charge in [0.15, 0.2) is 0 Å². The van der Waals surface area contributed by atoms with Gasteiger partial charge in [-0.2, -0.15) is 0 Å². The van der Waals surface area contributed by atoms with Crippen molar-refractivity contribution in [1.29, 1.82) is 0 Å². The molecule has 2 aromatic rings. The van der Waals surface area contributed by atoms with Crippen molar-refractivity contribution in [2.75, 3.05) is 19.7 Å². The van der Waals surface area contributed by atoms with Crippen LogP contribution in [0.3, 0.4) is 0 Å². The van der Waals surface area contributed by atoms with Gasteiger partial charge >= 0.3 is 0 Å². The molecule has 7 heteroatoms. The maximum Gasteiger partial charge on any atom is 0.292 e. The van der Waals surface area contributed by atoms with Gasteiger partial charge in [-0.05, 0) is 18.6 Å². The molecule has 4 heterocycles. The van der Waals surface area contributed by atoms with Crippen LogP contribution in [0.2, 0.25) is 0 Å². The zero-order valence-corrected chi connectivity index (χ0v) is 12.6. The Morgan fingerprint density at radius 2 is 2.35 bits per heavy atom. The fraction of sp³-hybridized carbons (Fsp3) is 0.438. The molecule has 1 spiro atoms. The third kappa shape index (κ3) is 2.79. The molecule has 4 rings (SSSR count). The van der Waals surface area contributed by atoms with Gasteiger partial charge in [0.05, 0.1) is 31.1 Å². The van der Waals surface area contributed by atoms with Crippen molar-refractivity contribution in [3.8, 4) is 5.75 Å². The highest BCUT2D eigenvalue weighted by Gasteiger charge is 2.48. The Labute approximate surface area is 133 Å². The third-order valence-electron chi connectivity index (χ3n) is 4.36. The van der Waals surface area contributed by atoms with Crippen LogP contribution < -0.4 is 4.74 Å². The molecule has 2 fully saturated rings. The lowest BCUT2D eigenvalue weighted by molar-refractivity contribution is 0.00956. The van der Waals surface area contributed by atoms with Crippen LogP contribution in [-0.4, -0.2) is 52.3 Å². The first kappa shape index (κ1) is 14.2. The van der Waals surface area contributed by atoms with Crippen LogP contribution in [-0.2, 0) is 4.74 Å². The van der Waals surface area contributed by atoms with Crippen molar-refractivity contribution in [1.82, 2.24) is 15.0 Å². The molecule has 120 valence electrons. The topological polar surface area (TPSA) is 77.7 Å². The summed E-state index contributed by atoms with van der Waals surface area (Å²) >= 11 is 0. The predicted octanol–water partition coefficient (Wildman–Crippen LogP) is 1.52. The molecular formula is C16H17N3O4. The number of hydrogen-bond donors (Lipinski definition) is 0. The number of carbonyl (C=O) groups is 1. The summed E-state index contributed by atoms with van der Waals surface area (Å²) in [6.45, 7) is 1.73. The van der Waals surface area contributed by atoms with Crippen LogP contribution in [0.4, 0.5) is 0 Å². The molecule has 0 aromatic carbocycles. The first-order valence-electron chi connectivity index (χ1n) is 7.65. The average molecular weight is 315 g/mol. The van der Waals surface area contributed by atoms with Gasteiger partial charge < -0.3 is 18.9 Å². The highest BCUT2D eigenvalue weighted by Crippen LogP contribution is 2.37. The standard InChI is InChI=1S/C16H17N3O4/c20-15(14-3-6-18-23-14)19-7-4-16(11-19)8-13(10-21-16)22-12-2-1-5-17-9-12/h1-3,5-6,9,13H,4,7-8,10-11H2/t13-,16-/m1/s1. The van der Waals surface area contributed by atoms with E-state index in [1.807, 2.05) is 12.1 Å². The minimum Gasteiger partial charge on any atom is -0.486 e. The number of likely N-dealkylation sites (tertiary alicyclic amines) is 1. The highest BCUT2D eigenvalue weighted by atomic mass is 16.6. The fourth-order valence-electron chi connectivity index (χ4n) is 3.27. The Balaban J connectivity index is 1.38. The third-order valence-corrected chi connectivity index (χ3v) is 4.36. The number of nitrogens with zero attached hydrogens (tertiary/aromatic N) is 3. The molecule has 1 amide bonds. The number of carbonyl (C=O) groups excluding carboxylic acids is 1. The molecule has 2 aromatic heterocycles. The number of pyridine rings is 1. The van der Waals surface area contributed by atoms with Gasteiger partial charge in [0.1, 0.15) is 11.9 Å². The normalized spacial score (nSPS) is 26.8. The second kappa shape index (κ2) is 5.66. The summed E-state index contributed by atoms with van der Waals surface area (Å²) in [6.07, 6.45) is 6.44. The van der Waals surface area contributed by atoms with Crippen molar-refractivity contribution >= 4 is 5.91 Å². The zero-order chi connectivity index (χ0) is 15.7. The van der Waals surface area contributed by atoms with E-state index in [-0.39, 0.29) is 23.4 Å². The van der Waals surface area contributed by atoms with E-state index in [0.717, 1.165) is 18.6 Å². The number of ether oxygens (including phenoxy) is 2. The number of hydrogen-bond acceptors (Lipinski definition) is 6. The molecule has 2 atom stereocenters. The van der Waals surface area contributed by atoms with Gasteiger partial charge in [-0.3, -0.25) is 9.78 Å². The van der Waals surface area contributed by atoms with E-state index in [1.54, 1.807) is 23.4 Å². The van der Waals surface area contributed by atoms with E-state index < -0.39 is 0 Å². The van der Waals surface area contributed by atoms with Crippen LogP contribution in [0.5, 0.6) is 5.75 Å². The summed E-state index contributed by atoms with van der Waals surface area (Å²) in [7, 11) is 0. The zero-order valence-electron chi connectivity index (χ0n) is 12.6. The Bertz CT molecular complexity index is 676. The van der Waals surface area contributed by atoms with E-state index in [0.29, 0.717) is 19.7 Å². The van der Waals surface area contributed by atoms with Crippen molar-refractivity contribution in [3.63, 3.8) is 0 Å². The summed E-state index contributed by atoms with van der Waals surface area (Å²) in [4.78, 5) is 18.1. The van der Waals surface area contributed by atoms with Crippen molar-refractivity contribution < 1.29 is 18.8 Å². The molecule has 0 bridgehead atoms. The number of rotatable bonds is 3. The molecule has 0 aliphatic carbocycles. The molecule has 0 saturated carbocycles. The summed E-state index contributed by atoms with van der Waals surface area (Å²) in [5, 5.41) is 3.58. The van der Waals surface area contributed by atoms with E-state index in [1.165, 1.54) is 6.20 Å². The Morgan fingerprint density at radius 3 is 3.13 bits per heavy atom. The van der Waals surface area contributed by atoms with Crippen LogP contribution in [0.15, 0.2) is 41.3 Å². The lowest BCUT2D eigenvalue weighted by Crippen LogP contribution is -2.36. The monoisotopic (exact) mass is 315 g/mol. The molecule has 2 saturated heterocycles. The summed E-state index contributed by atoms with van der Waals surface area (Å²) < 4.78 is 16.9. The predicted molar refractivity (Wildman–Crippen MR) is 79.0 cm³/mol. The van der Waals surface area contributed by atoms with Crippen LogP contribution in [0, 0.1) is 0 Å². The maximum absolute atomic E-state index is 12.3. The van der Waals surface area contributed by atoms with Crippen LogP contribution in [0.1, 0.15) is 23.4 Å². The molecule has 0 N–H and O–H groups in total. The lowest BCUT2D eigenvalue weighted by Gasteiger charge is -2.22. The van der Waals surface area contributed by atoms with E-state index in [2.05, 4.69) is 10.1 Å². The number of aromatic nitrogens is 2. The van der Waals surface area contributed by atoms with Crippen molar-refractivity contribution in [2.24, 2.45) is 0 Å². The summed E-state index contributed by atoms with van der Waals surface area (Å²) in [6, 6.07) is 5.30. The molecule has 23 heavy (non-hydrogen) atoms. The van der Waals surface area contributed by atoms with Crippen LogP contribution in [0.25, 0.3) is 0 Å². The first-order valence-corrected chi connectivity index (χ1v) is 7.65. The lowest BCUT2D eigenvalue weighted by atomic mass is 9.98. The minimum atomic E-state index is -0.317. The second-order valence-corrected chi connectivity index (χ2v) is 5.98. The van der Waals surface area contributed by atoms with Gasteiger partial charge in [-0.1, -0.05) is 5.16 Å². The largest absolute Gasteiger partial charge is 0.486 e. The average Bonchev–Trinajstić information content (AvgIpc) is 3.31. The smallest absolute Gasteiger partial charge is 0.292 e. The Hall–Kier alpha value is -2.41. The molecule has 2 aliphatic rings. The summed E-state index contributed by atoms with van der Waals surface area (Å²) in [5.74, 6) is 0.869. The van der Waals surface area contributed by atoms with Gasteiger partial charge in [0.25, 0.3) is 5.91 Å².